The van der Waals surface area contributed by atoms with Gasteiger partial charge in [-0.25, -0.2) is 0 Å². The standard InChI is InChI=1S/C19H22ClNO3/c1-24-15-8-4-13(5-9-15)16-10-17(22)19(23)18(16)21-11-12-2-6-14(20)7-3-12/h2-9,16-19,21-23H,10-11H2,1H3/t16-,17-,18-,19-/m1/s1. The Morgan fingerprint density at radius 2 is 1.75 bits per heavy atom. The number of aliphatic hydroxyl groups is 2. The Bertz CT molecular complexity index is 659. The van der Waals surface area contributed by atoms with Crippen LogP contribution in [0.5, 0.6) is 5.75 Å². The van der Waals surface area contributed by atoms with Crippen LogP contribution in [-0.2, 0) is 6.54 Å². The van der Waals surface area contributed by atoms with Crippen molar-refractivity contribution in [3.8, 4) is 5.75 Å². The van der Waals surface area contributed by atoms with Crippen molar-refractivity contribution in [3.05, 3.63) is 64.7 Å². The number of ether oxygens (including phenoxy) is 1. The maximum Gasteiger partial charge on any atom is 0.118 e. The van der Waals surface area contributed by atoms with Crippen LogP contribution >= 0.6 is 11.6 Å². The van der Waals surface area contributed by atoms with Gasteiger partial charge < -0.3 is 20.3 Å². The van der Waals surface area contributed by atoms with Gasteiger partial charge in [0.25, 0.3) is 0 Å². The highest BCUT2D eigenvalue weighted by atomic mass is 35.5. The highest BCUT2D eigenvalue weighted by molar-refractivity contribution is 6.30. The lowest BCUT2D eigenvalue weighted by molar-refractivity contribution is 0.0297. The number of nitrogens with one attached hydrogen (secondary N) is 1. The molecule has 0 aromatic heterocycles. The Balaban J connectivity index is 1.73. The average molecular weight is 348 g/mol. The molecule has 0 amide bonds. The Morgan fingerprint density at radius 1 is 1.08 bits per heavy atom. The molecule has 24 heavy (non-hydrogen) atoms. The molecule has 0 bridgehead atoms. The zero-order chi connectivity index (χ0) is 17.1. The second kappa shape index (κ2) is 7.53. The fraction of sp³-hybridized carbons (Fsp3) is 0.368. The summed E-state index contributed by atoms with van der Waals surface area (Å²) >= 11 is 5.91. The maximum absolute atomic E-state index is 10.4. The van der Waals surface area contributed by atoms with E-state index in [0.29, 0.717) is 18.0 Å². The topological polar surface area (TPSA) is 61.7 Å². The number of hydrogen-bond donors (Lipinski definition) is 3. The molecule has 2 aromatic carbocycles. The second-order valence-electron chi connectivity index (χ2n) is 6.21. The van der Waals surface area contributed by atoms with Crippen molar-refractivity contribution in [3.63, 3.8) is 0 Å². The number of halogens is 1. The van der Waals surface area contributed by atoms with Crippen molar-refractivity contribution in [1.82, 2.24) is 5.32 Å². The van der Waals surface area contributed by atoms with Gasteiger partial charge in [0.15, 0.2) is 0 Å². The van der Waals surface area contributed by atoms with E-state index in [1.165, 1.54) is 0 Å². The van der Waals surface area contributed by atoms with Crippen LogP contribution in [0.4, 0.5) is 0 Å². The Hall–Kier alpha value is -1.59. The molecule has 1 fully saturated rings. The number of benzene rings is 2. The first-order chi connectivity index (χ1) is 11.6. The van der Waals surface area contributed by atoms with Crippen LogP contribution in [0.25, 0.3) is 0 Å². The zero-order valence-electron chi connectivity index (χ0n) is 13.5. The predicted octanol–water partition coefficient (Wildman–Crippen LogP) is 2.72. The lowest BCUT2D eigenvalue weighted by Gasteiger charge is -2.24. The normalized spacial score (nSPS) is 26.5. The number of rotatable bonds is 5. The monoisotopic (exact) mass is 347 g/mol. The van der Waals surface area contributed by atoms with Crippen LogP contribution in [-0.4, -0.2) is 35.6 Å². The number of methoxy groups -OCH3 is 1. The van der Waals surface area contributed by atoms with Gasteiger partial charge in [0.1, 0.15) is 5.75 Å². The molecule has 4 atom stereocenters. The van der Waals surface area contributed by atoms with Crippen molar-refractivity contribution in [2.24, 2.45) is 0 Å². The Kier molecular flexibility index (Phi) is 5.41. The minimum atomic E-state index is -0.788. The summed E-state index contributed by atoms with van der Waals surface area (Å²) < 4.78 is 5.19. The van der Waals surface area contributed by atoms with E-state index in [1.54, 1.807) is 7.11 Å². The van der Waals surface area contributed by atoms with Crippen LogP contribution < -0.4 is 10.1 Å². The summed E-state index contributed by atoms with van der Waals surface area (Å²) in [6, 6.07) is 15.2. The van der Waals surface area contributed by atoms with Crippen LogP contribution in [0.15, 0.2) is 48.5 Å². The molecule has 1 saturated carbocycles. The van der Waals surface area contributed by atoms with Gasteiger partial charge in [-0.05, 0) is 41.8 Å². The van der Waals surface area contributed by atoms with Gasteiger partial charge in [0.2, 0.25) is 0 Å². The third-order valence-corrected chi connectivity index (χ3v) is 4.94. The summed E-state index contributed by atoms with van der Waals surface area (Å²) in [5, 5.41) is 24.5. The minimum Gasteiger partial charge on any atom is -0.497 e. The fourth-order valence-electron chi connectivity index (χ4n) is 3.32. The van der Waals surface area contributed by atoms with Gasteiger partial charge in [-0.2, -0.15) is 0 Å². The summed E-state index contributed by atoms with van der Waals surface area (Å²) in [5.41, 5.74) is 2.17. The van der Waals surface area contributed by atoms with E-state index in [9.17, 15) is 10.2 Å². The molecule has 1 aliphatic rings. The van der Waals surface area contributed by atoms with E-state index in [0.717, 1.165) is 16.9 Å². The fourth-order valence-corrected chi connectivity index (χ4v) is 3.45. The van der Waals surface area contributed by atoms with Crippen LogP contribution in [0.2, 0.25) is 5.02 Å². The quantitative estimate of drug-likeness (QED) is 0.778. The molecule has 4 nitrogen and oxygen atoms in total. The summed E-state index contributed by atoms with van der Waals surface area (Å²) in [7, 11) is 1.63. The number of hydrogen-bond acceptors (Lipinski definition) is 4. The third kappa shape index (κ3) is 3.73. The third-order valence-electron chi connectivity index (χ3n) is 4.69. The molecular formula is C19H22ClNO3. The van der Waals surface area contributed by atoms with Gasteiger partial charge in [0, 0.05) is 23.5 Å². The Morgan fingerprint density at radius 3 is 2.38 bits per heavy atom. The van der Waals surface area contributed by atoms with E-state index >= 15 is 0 Å². The molecule has 0 unspecified atom stereocenters. The first-order valence-electron chi connectivity index (χ1n) is 8.06. The lowest BCUT2D eigenvalue weighted by Crippen LogP contribution is -2.41. The Labute approximate surface area is 147 Å². The van der Waals surface area contributed by atoms with E-state index < -0.39 is 12.2 Å². The maximum atomic E-state index is 10.4. The molecule has 0 saturated heterocycles. The van der Waals surface area contributed by atoms with Gasteiger partial charge in [-0.3, -0.25) is 0 Å². The molecule has 0 heterocycles. The molecule has 0 spiro atoms. The highest BCUT2D eigenvalue weighted by Crippen LogP contribution is 2.36. The molecule has 5 heteroatoms. The molecule has 0 radical (unpaired) electrons. The summed E-state index contributed by atoms with van der Waals surface area (Å²) in [6.45, 7) is 0.609. The van der Waals surface area contributed by atoms with Crippen molar-refractivity contribution >= 4 is 11.6 Å². The smallest absolute Gasteiger partial charge is 0.118 e. The highest BCUT2D eigenvalue weighted by Gasteiger charge is 2.41. The SMILES string of the molecule is COc1ccc([C@H]2C[C@@H](O)[C@@H](O)[C@@H]2NCc2ccc(Cl)cc2)cc1. The first-order valence-corrected chi connectivity index (χ1v) is 8.44. The second-order valence-corrected chi connectivity index (χ2v) is 6.64. The van der Waals surface area contributed by atoms with Crippen molar-refractivity contribution in [1.29, 1.82) is 0 Å². The van der Waals surface area contributed by atoms with E-state index in [-0.39, 0.29) is 12.0 Å². The zero-order valence-corrected chi connectivity index (χ0v) is 14.3. The van der Waals surface area contributed by atoms with E-state index in [4.69, 9.17) is 16.3 Å². The van der Waals surface area contributed by atoms with Crippen LogP contribution in [0.1, 0.15) is 23.5 Å². The summed E-state index contributed by atoms with van der Waals surface area (Å²) in [6.07, 6.45) is -0.976. The summed E-state index contributed by atoms with van der Waals surface area (Å²) in [4.78, 5) is 0. The minimum absolute atomic E-state index is 0.0493. The van der Waals surface area contributed by atoms with Gasteiger partial charge in [-0.1, -0.05) is 35.9 Å². The molecule has 3 rings (SSSR count). The predicted molar refractivity (Wildman–Crippen MR) is 94.4 cm³/mol. The molecule has 128 valence electrons. The van der Waals surface area contributed by atoms with Gasteiger partial charge in [-0.15, -0.1) is 0 Å². The molecular weight excluding hydrogens is 326 g/mol. The van der Waals surface area contributed by atoms with E-state index in [1.807, 2.05) is 48.5 Å². The van der Waals surface area contributed by atoms with Crippen LogP contribution in [0, 0.1) is 0 Å². The summed E-state index contributed by atoms with van der Waals surface area (Å²) in [5.74, 6) is 0.844. The van der Waals surface area contributed by atoms with Gasteiger partial charge >= 0.3 is 0 Å². The van der Waals surface area contributed by atoms with Crippen molar-refractivity contribution in [2.75, 3.05) is 7.11 Å². The number of aliphatic hydroxyl groups excluding tert-OH is 2. The molecule has 0 aliphatic heterocycles. The van der Waals surface area contributed by atoms with Gasteiger partial charge in [0.05, 0.1) is 19.3 Å². The molecule has 2 aromatic rings. The average Bonchev–Trinajstić information content (AvgIpc) is 2.89. The van der Waals surface area contributed by atoms with Crippen molar-refractivity contribution < 1.29 is 14.9 Å². The largest absolute Gasteiger partial charge is 0.497 e. The van der Waals surface area contributed by atoms with E-state index in [2.05, 4.69) is 5.32 Å². The van der Waals surface area contributed by atoms with Crippen LogP contribution in [0.3, 0.4) is 0 Å². The lowest BCUT2D eigenvalue weighted by atomic mass is 9.93. The first kappa shape index (κ1) is 17.2. The molecule has 1 aliphatic carbocycles. The molecule has 3 N–H and O–H groups in total. The van der Waals surface area contributed by atoms with Crippen molar-refractivity contribution in [2.45, 2.75) is 37.1 Å².